The molecule has 0 heterocycles. The zero-order chi connectivity index (χ0) is 20.4. The quantitative estimate of drug-likeness (QED) is 0.278. The molecule has 5 heteroatoms. The monoisotopic (exact) mass is 426 g/mol. The van der Waals surface area contributed by atoms with E-state index >= 15 is 0 Å². The summed E-state index contributed by atoms with van der Waals surface area (Å²) in [4.78, 5) is -0.0543. The fraction of sp³-hybridized carbons (Fsp3) is 0.583. The number of unbranched alkanes of at least 4 members (excludes halogenated alkanes) is 8. The first-order valence-electron chi connectivity index (χ1n) is 11.0. The zero-order valence-corrected chi connectivity index (χ0v) is 21.3. The van der Waals surface area contributed by atoms with Crippen molar-refractivity contribution in [2.45, 2.75) is 95.8 Å². The van der Waals surface area contributed by atoms with Crippen LogP contribution in [0.15, 0.2) is 35.2 Å². The van der Waals surface area contributed by atoms with Crippen molar-refractivity contribution >= 4 is 20.9 Å². The molecule has 2 rings (SSSR count). The second-order valence-corrected chi connectivity index (χ2v) is 9.19. The molecule has 0 bridgehead atoms. The third kappa shape index (κ3) is 8.34. The zero-order valence-electron chi connectivity index (χ0n) is 18.5. The van der Waals surface area contributed by atoms with E-state index in [4.69, 9.17) is 0 Å². The van der Waals surface area contributed by atoms with Gasteiger partial charge in [0.05, 0.1) is 4.90 Å². The summed E-state index contributed by atoms with van der Waals surface area (Å²) in [5.41, 5.74) is 2.30. The maximum Gasteiger partial charge on any atom is 1.00 e. The molecule has 156 valence electrons. The minimum Gasteiger partial charge on any atom is -0.744 e. The molecule has 0 aliphatic heterocycles. The van der Waals surface area contributed by atoms with Gasteiger partial charge in [-0.1, -0.05) is 89.5 Å². The molecule has 0 aliphatic rings. The summed E-state index contributed by atoms with van der Waals surface area (Å²) in [6.07, 6.45) is 13.7. The Kier molecular flexibility index (Phi) is 12.7. The fourth-order valence-electron chi connectivity index (χ4n) is 4.01. The summed E-state index contributed by atoms with van der Waals surface area (Å²) >= 11 is 0. The maximum atomic E-state index is 11.9. The summed E-state index contributed by atoms with van der Waals surface area (Å²) in [7, 11) is -4.49. The molecule has 3 nitrogen and oxygen atoms in total. The Balaban J connectivity index is 0.00000420. The van der Waals surface area contributed by atoms with Gasteiger partial charge in [-0.05, 0) is 48.3 Å². The van der Waals surface area contributed by atoms with E-state index in [1.54, 1.807) is 6.07 Å². The SMILES string of the molecule is CCCCCCCc1ccc2cccc(S(=O)(=O)[O-])c2c1CCCCCCC.[Na+]. The molecule has 0 unspecified atom stereocenters. The van der Waals surface area contributed by atoms with Gasteiger partial charge in [-0.2, -0.15) is 0 Å². The van der Waals surface area contributed by atoms with Crippen molar-refractivity contribution in [3.05, 3.63) is 41.5 Å². The smallest absolute Gasteiger partial charge is 0.744 e. The molecule has 0 saturated carbocycles. The van der Waals surface area contributed by atoms with Gasteiger partial charge in [0.25, 0.3) is 0 Å². The van der Waals surface area contributed by atoms with Gasteiger partial charge in [-0.15, -0.1) is 0 Å². The molecule has 0 spiro atoms. The van der Waals surface area contributed by atoms with Crippen LogP contribution in [0.3, 0.4) is 0 Å². The molecular formula is C24H35NaO3S. The second-order valence-electron chi connectivity index (χ2n) is 7.84. The Bertz CT molecular complexity index is 847. The Labute approximate surface area is 199 Å². The standard InChI is InChI=1S/C24H36O3S.Na/c1-3-5-7-9-11-14-20-18-19-21-15-13-17-23(28(25,26)27)24(21)22(20)16-12-10-8-6-4-2;/h13,15,17-19H,3-12,14,16H2,1-2H3,(H,25,26,27);/q;+1/p-1. The summed E-state index contributed by atoms with van der Waals surface area (Å²) in [6.45, 7) is 4.41. The topological polar surface area (TPSA) is 57.2 Å². The van der Waals surface area contributed by atoms with E-state index in [1.807, 2.05) is 12.1 Å². The van der Waals surface area contributed by atoms with Crippen molar-refractivity contribution in [2.75, 3.05) is 0 Å². The first-order valence-corrected chi connectivity index (χ1v) is 12.4. The predicted octanol–water partition coefficient (Wildman–Crippen LogP) is 3.77. The van der Waals surface area contributed by atoms with Crippen molar-refractivity contribution in [3.63, 3.8) is 0 Å². The normalized spacial score (nSPS) is 11.6. The number of hydrogen-bond acceptors (Lipinski definition) is 3. The van der Waals surface area contributed by atoms with Crippen LogP contribution in [0, 0.1) is 0 Å². The van der Waals surface area contributed by atoms with E-state index in [0.29, 0.717) is 5.39 Å². The van der Waals surface area contributed by atoms with Crippen LogP contribution < -0.4 is 29.6 Å². The van der Waals surface area contributed by atoms with Crippen LogP contribution in [-0.4, -0.2) is 13.0 Å². The molecule has 0 amide bonds. The Morgan fingerprint density at radius 3 is 1.93 bits per heavy atom. The van der Waals surface area contributed by atoms with Crippen LogP contribution in [0.25, 0.3) is 10.8 Å². The van der Waals surface area contributed by atoms with Crippen LogP contribution in [0.5, 0.6) is 0 Å². The van der Waals surface area contributed by atoms with Gasteiger partial charge >= 0.3 is 29.6 Å². The molecular weight excluding hydrogens is 391 g/mol. The van der Waals surface area contributed by atoms with Crippen LogP contribution in [0.1, 0.15) is 89.2 Å². The van der Waals surface area contributed by atoms with E-state index in [2.05, 4.69) is 19.9 Å². The van der Waals surface area contributed by atoms with Crippen molar-refractivity contribution < 1.29 is 42.5 Å². The Morgan fingerprint density at radius 2 is 1.34 bits per heavy atom. The van der Waals surface area contributed by atoms with E-state index in [9.17, 15) is 13.0 Å². The molecule has 0 radical (unpaired) electrons. The molecule has 0 aromatic heterocycles. The van der Waals surface area contributed by atoms with Gasteiger partial charge in [-0.25, -0.2) is 8.42 Å². The van der Waals surface area contributed by atoms with Gasteiger partial charge < -0.3 is 4.55 Å². The molecule has 0 fully saturated rings. The molecule has 0 saturated heterocycles. The molecule has 0 atom stereocenters. The van der Waals surface area contributed by atoms with Crippen LogP contribution in [-0.2, 0) is 23.0 Å². The third-order valence-electron chi connectivity index (χ3n) is 5.56. The van der Waals surface area contributed by atoms with Crippen molar-refractivity contribution in [2.24, 2.45) is 0 Å². The van der Waals surface area contributed by atoms with Crippen molar-refractivity contribution in [1.29, 1.82) is 0 Å². The summed E-state index contributed by atoms with van der Waals surface area (Å²) in [5, 5.41) is 1.52. The van der Waals surface area contributed by atoms with Crippen LogP contribution >= 0.6 is 0 Å². The first kappa shape index (κ1) is 26.6. The van der Waals surface area contributed by atoms with E-state index in [1.165, 1.54) is 56.6 Å². The van der Waals surface area contributed by atoms with E-state index in [0.717, 1.165) is 43.1 Å². The molecule has 2 aromatic rings. The average molecular weight is 427 g/mol. The Hall–Kier alpha value is -0.390. The Morgan fingerprint density at radius 1 is 0.759 bits per heavy atom. The molecule has 0 aliphatic carbocycles. The van der Waals surface area contributed by atoms with Crippen molar-refractivity contribution in [1.82, 2.24) is 0 Å². The van der Waals surface area contributed by atoms with Gasteiger partial charge in [-0.3, -0.25) is 0 Å². The largest absolute Gasteiger partial charge is 1.00 e. The van der Waals surface area contributed by atoms with Crippen LogP contribution in [0.2, 0.25) is 0 Å². The van der Waals surface area contributed by atoms with Gasteiger partial charge in [0.2, 0.25) is 0 Å². The fourth-order valence-corrected chi connectivity index (χ4v) is 4.75. The summed E-state index contributed by atoms with van der Waals surface area (Å²) in [5.74, 6) is 0. The van der Waals surface area contributed by atoms with E-state index < -0.39 is 10.1 Å². The maximum absolute atomic E-state index is 11.9. The van der Waals surface area contributed by atoms with Crippen LogP contribution in [0.4, 0.5) is 0 Å². The van der Waals surface area contributed by atoms with E-state index in [-0.39, 0.29) is 34.5 Å². The summed E-state index contributed by atoms with van der Waals surface area (Å²) < 4.78 is 35.7. The number of aryl methyl sites for hydroxylation is 2. The molecule has 29 heavy (non-hydrogen) atoms. The second kappa shape index (κ2) is 13.8. The van der Waals surface area contributed by atoms with Crippen molar-refractivity contribution in [3.8, 4) is 0 Å². The number of fused-ring (bicyclic) bond motifs is 1. The summed E-state index contributed by atoms with van der Waals surface area (Å²) in [6, 6.07) is 9.17. The van der Waals surface area contributed by atoms with Gasteiger partial charge in [0.15, 0.2) is 0 Å². The predicted molar refractivity (Wildman–Crippen MR) is 117 cm³/mol. The number of rotatable bonds is 13. The number of hydrogen-bond donors (Lipinski definition) is 0. The average Bonchev–Trinajstić information content (AvgIpc) is 2.67. The van der Waals surface area contributed by atoms with Gasteiger partial charge in [0.1, 0.15) is 10.1 Å². The molecule has 2 aromatic carbocycles. The minimum atomic E-state index is -4.49. The third-order valence-corrected chi connectivity index (χ3v) is 6.44. The molecule has 0 N–H and O–H groups in total. The van der Waals surface area contributed by atoms with Gasteiger partial charge in [0, 0.05) is 5.39 Å². The first-order chi connectivity index (χ1) is 13.5. The minimum absolute atomic E-state index is 0. The number of benzene rings is 2.